The highest BCUT2D eigenvalue weighted by atomic mass is 35.5. The van der Waals surface area contributed by atoms with Crippen molar-refractivity contribution in [3.8, 4) is 6.01 Å². The van der Waals surface area contributed by atoms with E-state index in [1.807, 2.05) is 51.3 Å². The third-order valence-corrected chi connectivity index (χ3v) is 11.2. The standard InChI is InChI=1S/C37H55ClFN7O6/c1-36(2,3)30(33(48)50-7)46-22(14-15-27(46)47)10-8-16-43-17-9-11-25(43)21-51-34-41-29-26(18-40-31(38)28(29)39)32(42-34)44-19-23-12-13-24(20-44)45(23)35(49)52-37(4,5)6/h18,22-25,27,30,47H,8-17,19-21H2,1-7H3/t22-,23?,24?,25-,27?,30+/m0/s1. The SMILES string of the molecule is COC(=O)[C@@H](N1C(O)CC[C@@H]1CCCN1CCC[C@H]1COc1nc(N2CC3CCC(C2)N3C(=O)OC(C)(C)C)c2cnc(Cl)c(F)c2n1)C(C)(C)C. The molecule has 13 nitrogen and oxygen atoms in total. The minimum atomic E-state index is -0.725. The van der Waals surface area contributed by atoms with Crippen LogP contribution in [0.1, 0.15) is 92.9 Å². The van der Waals surface area contributed by atoms with E-state index in [1.54, 1.807) is 0 Å². The Morgan fingerprint density at radius 3 is 2.40 bits per heavy atom. The summed E-state index contributed by atoms with van der Waals surface area (Å²) in [5.74, 6) is -0.531. The van der Waals surface area contributed by atoms with E-state index < -0.39 is 29.1 Å². The average Bonchev–Trinajstić information content (AvgIpc) is 3.75. The summed E-state index contributed by atoms with van der Waals surface area (Å²) in [6, 6.07) is -0.385. The summed E-state index contributed by atoms with van der Waals surface area (Å²) in [7, 11) is 1.40. The van der Waals surface area contributed by atoms with Crippen LogP contribution in [0.2, 0.25) is 5.15 Å². The zero-order valence-electron chi connectivity index (χ0n) is 31.6. The van der Waals surface area contributed by atoms with E-state index in [1.165, 1.54) is 13.3 Å². The van der Waals surface area contributed by atoms with E-state index in [9.17, 15) is 14.7 Å². The molecule has 6 heterocycles. The monoisotopic (exact) mass is 747 g/mol. The van der Waals surface area contributed by atoms with Crippen LogP contribution in [0.5, 0.6) is 6.01 Å². The number of nitrogens with zero attached hydrogens (tertiary/aromatic N) is 7. The van der Waals surface area contributed by atoms with Crippen LogP contribution < -0.4 is 9.64 Å². The highest BCUT2D eigenvalue weighted by Gasteiger charge is 2.47. The third-order valence-electron chi connectivity index (χ3n) is 10.9. The molecular formula is C37H55ClFN7O6. The fourth-order valence-electron chi connectivity index (χ4n) is 8.67. The Hall–Kier alpha value is -3.07. The number of aliphatic hydroxyl groups is 1. The zero-order valence-corrected chi connectivity index (χ0v) is 32.4. The summed E-state index contributed by atoms with van der Waals surface area (Å²) in [5, 5.41) is 11.1. The quantitative estimate of drug-likeness (QED) is 0.247. The summed E-state index contributed by atoms with van der Waals surface area (Å²) in [6.45, 7) is 14.7. The summed E-state index contributed by atoms with van der Waals surface area (Å²) in [6.07, 6.45) is 7.36. The van der Waals surface area contributed by atoms with Crippen LogP contribution in [0.3, 0.4) is 0 Å². The molecule has 0 radical (unpaired) electrons. The maximum Gasteiger partial charge on any atom is 0.410 e. The minimum absolute atomic E-state index is 0.0500. The smallest absolute Gasteiger partial charge is 0.410 e. The predicted octanol–water partition coefficient (Wildman–Crippen LogP) is 5.40. The number of esters is 1. The zero-order chi connectivity index (χ0) is 37.5. The van der Waals surface area contributed by atoms with Crippen LogP contribution in [0, 0.1) is 11.2 Å². The van der Waals surface area contributed by atoms with Crippen LogP contribution in [-0.4, -0.2) is 129 Å². The number of pyridine rings is 1. The molecule has 4 fully saturated rings. The molecule has 4 saturated heterocycles. The van der Waals surface area contributed by atoms with Crippen molar-refractivity contribution in [3.05, 3.63) is 17.2 Å². The van der Waals surface area contributed by atoms with Crippen molar-refractivity contribution in [2.75, 3.05) is 44.8 Å². The van der Waals surface area contributed by atoms with Gasteiger partial charge in [0.15, 0.2) is 11.0 Å². The van der Waals surface area contributed by atoms with Crippen LogP contribution in [-0.2, 0) is 14.3 Å². The lowest BCUT2D eigenvalue weighted by Gasteiger charge is -2.42. The van der Waals surface area contributed by atoms with E-state index in [0.717, 1.165) is 58.0 Å². The second kappa shape index (κ2) is 15.3. The van der Waals surface area contributed by atoms with Gasteiger partial charge in [-0.25, -0.2) is 14.2 Å². The van der Waals surface area contributed by atoms with E-state index in [-0.39, 0.29) is 52.9 Å². The highest BCUT2D eigenvalue weighted by molar-refractivity contribution is 6.30. The van der Waals surface area contributed by atoms with Crippen molar-refractivity contribution < 1.29 is 33.3 Å². The van der Waals surface area contributed by atoms with E-state index in [4.69, 9.17) is 30.8 Å². The molecule has 15 heteroatoms. The number of ether oxygens (including phenoxy) is 3. The summed E-state index contributed by atoms with van der Waals surface area (Å²) in [4.78, 5) is 47.6. The Labute approximate surface area is 311 Å². The molecule has 2 aromatic heterocycles. The number of halogens is 2. The highest BCUT2D eigenvalue weighted by Crippen LogP contribution is 2.38. The molecule has 3 unspecified atom stereocenters. The summed E-state index contributed by atoms with van der Waals surface area (Å²) < 4.78 is 32.6. The number of anilines is 1. The Morgan fingerprint density at radius 2 is 1.75 bits per heavy atom. The topological polar surface area (TPSA) is 134 Å². The number of hydrogen-bond donors (Lipinski definition) is 1. The third kappa shape index (κ3) is 8.19. The molecule has 0 aromatic carbocycles. The molecule has 4 aliphatic rings. The maximum atomic E-state index is 15.4. The molecule has 1 amide bonds. The fraction of sp³-hybridized carbons (Fsp3) is 0.757. The summed E-state index contributed by atoms with van der Waals surface area (Å²) in [5.41, 5.74) is -0.936. The lowest BCUT2D eigenvalue weighted by Crippen LogP contribution is -2.57. The van der Waals surface area contributed by atoms with Crippen LogP contribution in [0.15, 0.2) is 6.20 Å². The molecule has 1 N–H and O–H groups in total. The van der Waals surface area contributed by atoms with Gasteiger partial charge in [0.1, 0.15) is 35.8 Å². The van der Waals surface area contributed by atoms with E-state index in [0.29, 0.717) is 37.3 Å². The maximum absolute atomic E-state index is 15.4. The van der Waals surface area contributed by atoms with Crippen LogP contribution in [0.4, 0.5) is 15.0 Å². The first-order valence-electron chi connectivity index (χ1n) is 18.7. The van der Waals surface area contributed by atoms with Crippen LogP contribution in [0.25, 0.3) is 10.9 Å². The van der Waals surface area contributed by atoms with Gasteiger partial charge in [0.25, 0.3) is 0 Å². The average molecular weight is 748 g/mol. The first-order chi connectivity index (χ1) is 24.6. The predicted molar refractivity (Wildman–Crippen MR) is 195 cm³/mol. The lowest BCUT2D eigenvalue weighted by atomic mass is 9.84. The second-order valence-electron chi connectivity index (χ2n) is 16.9. The Morgan fingerprint density at radius 1 is 1.04 bits per heavy atom. The molecule has 0 spiro atoms. The Bertz CT molecular complexity index is 1610. The number of methoxy groups -OCH3 is 1. The molecule has 288 valence electrons. The fourth-order valence-corrected chi connectivity index (χ4v) is 8.80. The summed E-state index contributed by atoms with van der Waals surface area (Å²) >= 11 is 6.11. The van der Waals surface area contributed by atoms with Gasteiger partial charge in [-0.2, -0.15) is 9.97 Å². The van der Waals surface area contributed by atoms with Gasteiger partial charge in [-0.05, 0) is 90.6 Å². The minimum Gasteiger partial charge on any atom is -0.468 e. The Balaban J connectivity index is 1.12. The van der Waals surface area contributed by atoms with Gasteiger partial charge in [-0.3, -0.25) is 19.5 Å². The first-order valence-corrected chi connectivity index (χ1v) is 19.1. The number of rotatable bonds is 10. The van der Waals surface area contributed by atoms with E-state index in [2.05, 4.69) is 19.8 Å². The molecule has 2 aromatic rings. The lowest BCUT2D eigenvalue weighted by molar-refractivity contribution is -0.158. The molecule has 0 aliphatic carbocycles. The molecular weight excluding hydrogens is 693 g/mol. The van der Waals surface area contributed by atoms with E-state index >= 15 is 4.39 Å². The van der Waals surface area contributed by atoms with Crippen molar-refractivity contribution in [1.29, 1.82) is 0 Å². The van der Waals surface area contributed by atoms with Gasteiger partial charge in [0.2, 0.25) is 0 Å². The normalized spacial score (nSPS) is 26.3. The number of amides is 1. The van der Waals surface area contributed by atoms with Gasteiger partial charge in [0, 0.05) is 31.4 Å². The van der Waals surface area contributed by atoms with Crippen molar-refractivity contribution in [1.82, 2.24) is 29.7 Å². The van der Waals surface area contributed by atoms with Crippen molar-refractivity contribution in [2.24, 2.45) is 5.41 Å². The van der Waals surface area contributed by atoms with Crippen molar-refractivity contribution in [3.63, 3.8) is 0 Å². The number of likely N-dealkylation sites (tertiary alicyclic amines) is 2. The molecule has 6 atom stereocenters. The molecule has 0 saturated carbocycles. The van der Waals surface area contributed by atoms with Crippen LogP contribution >= 0.6 is 11.6 Å². The molecule has 6 rings (SSSR count). The molecule has 52 heavy (non-hydrogen) atoms. The van der Waals surface area contributed by atoms with Crippen molar-refractivity contribution in [2.45, 2.75) is 135 Å². The number of hydrogen-bond acceptors (Lipinski definition) is 12. The van der Waals surface area contributed by atoms with Gasteiger partial charge < -0.3 is 24.2 Å². The number of aliphatic hydroxyl groups excluding tert-OH is 1. The largest absolute Gasteiger partial charge is 0.468 e. The number of carbonyl (C=O) groups excluding carboxylic acids is 2. The number of fused-ring (bicyclic) bond motifs is 3. The number of carbonyl (C=O) groups is 2. The second-order valence-corrected chi connectivity index (χ2v) is 17.2. The number of piperazine rings is 1. The molecule has 2 bridgehead atoms. The van der Waals surface area contributed by atoms with Gasteiger partial charge >= 0.3 is 18.1 Å². The van der Waals surface area contributed by atoms with Gasteiger partial charge in [0.05, 0.1) is 24.6 Å². The van der Waals surface area contributed by atoms with Gasteiger partial charge in [-0.15, -0.1) is 0 Å². The first kappa shape index (κ1) is 38.6. The Kier molecular flexibility index (Phi) is 11.4. The number of aromatic nitrogens is 3. The van der Waals surface area contributed by atoms with Crippen molar-refractivity contribution >= 4 is 40.4 Å². The molecule has 4 aliphatic heterocycles. The van der Waals surface area contributed by atoms with Gasteiger partial charge in [-0.1, -0.05) is 32.4 Å².